The van der Waals surface area contributed by atoms with Gasteiger partial charge in [0.05, 0.1) is 5.39 Å². The lowest BCUT2D eigenvalue weighted by atomic mass is 9.67. The summed E-state index contributed by atoms with van der Waals surface area (Å²) in [6.07, 6.45) is 4.49. The van der Waals surface area contributed by atoms with Crippen molar-refractivity contribution in [2.45, 2.75) is 33.2 Å². The number of fused-ring (bicyclic) bond motifs is 2. The molecule has 1 aliphatic carbocycles. The van der Waals surface area contributed by atoms with Crippen LogP contribution in [0.3, 0.4) is 0 Å². The van der Waals surface area contributed by atoms with Crippen LogP contribution in [-0.4, -0.2) is 63.7 Å². The Bertz CT molecular complexity index is 851. The number of aromatic amines is 1. The largest absolute Gasteiger partial charge is 0.387 e. The number of aliphatic hydroxyl groups excluding tert-OH is 1. The zero-order chi connectivity index (χ0) is 18.7. The van der Waals surface area contributed by atoms with Gasteiger partial charge in [0.1, 0.15) is 24.4 Å². The van der Waals surface area contributed by atoms with E-state index in [0.717, 1.165) is 23.3 Å². The first-order chi connectivity index (χ1) is 12.3. The number of nitrogens with one attached hydrogen (secondary N) is 1. The highest BCUT2D eigenvalue weighted by molar-refractivity contribution is 5.87. The van der Waals surface area contributed by atoms with E-state index in [9.17, 15) is 9.90 Å². The zero-order valence-electron chi connectivity index (χ0n) is 15.9. The van der Waals surface area contributed by atoms with E-state index in [-0.39, 0.29) is 16.7 Å². The standard InChI is InChI=1S/C19H27N5O2/c1-12-14(23(4)17-13-5-6-20-16(13)21-11-22-17)7-18(2)9-24(15(26)8-25)10-19(12,18)3/h5-6,11-12,14,25H,7-10H2,1-4H3,(H,20,21,22)/t12-,14-,18+,19+/m0/s1. The topological polar surface area (TPSA) is 85.4 Å². The van der Waals surface area contributed by atoms with E-state index in [1.54, 1.807) is 6.33 Å². The molecule has 4 atom stereocenters. The van der Waals surface area contributed by atoms with Crippen molar-refractivity contribution in [2.75, 3.05) is 31.6 Å². The number of carbonyl (C=O) groups is 1. The number of carbonyl (C=O) groups excluding carboxylic acids is 1. The summed E-state index contributed by atoms with van der Waals surface area (Å²) in [6, 6.07) is 2.36. The van der Waals surface area contributed by atoms with Crippen LogP contribution < -0.4 is 4.90 Å². The molecule has 2 N–H and O–H groups in total. The van der Waals surface area contributed by atoms with Gasteiger partial charge in [-0.1, -0.05) is 20.8 Å². The molecule has 140 valence electrons. The summed E-state index contributed by atoms with van der Waals surface area (Å²) in [7, 11) is 2.11. The number of rotatable bonds is 3. The maximum atomic E-state index is 12.0. The highest BCUT2D eigenvalue weighted by Crippen LogP contribution is 2.61. The third-order valence-electron chi connectivity index (χ3n) is 7.33. The van der Waals surface area contributed by atoms with Crippen molar-refractivity contribution < 1.29 is 9.90 Å². The molecule has 7 nitrogen and oxygen atoms in total. The van der Waals surface area contributed by atoms with Gasteiger partial charge in [0, 0.05) is 32.4 Å². The van der Waals surface area contributed by atoms with Gasteiger partial charge in [-0.2, -0.15) is 0 Å². The van der Waals surface area contributed by atoms with Crippen LogP contribution in [0.15, 0.2) is 18.6 Å². The molecule has 0 bridgehead atoms. The van der Waals surface area contributed by atoms with Gasteiger partial charge in [-0.3, -0.25) is 4.79 Å². The van der Waals surface area contributed by atoms with E-state index in [0.29, 0.717) is 25.0 Å². The minimum absolute atomic E-state index is 0.0149. The maximum Gasteiger partial charge on any atom is 0.248 e. The highest BCUT2D eigenvalue weighted by atomic mass is 16.3. The Morgan fingerprint density at radius 3 is 2.88 bits per heavy atom. The second kappa shape index (κ2) is 5.67. The summed E-state index contributed by atoms with van der Waals surface area (Å²) >= 11 is 0. The number of nitrogens with zero attached hydrogens (tertiary/aromatic N) is 4. The Morgan fingerprint density at radius 2 is 2.19 bits per heavy atom. The van der Waals surface area contributed by atoms with E-state index in [1.165, 1.54) is 0 Å². The highest BCUT2D eigenvalue weighted by Gasteiger charge is 2.63. The summed E-state index contributed by atoms with van der Waals surface area (Å²) in [5, 5.41) is 10.3. The van der Waals surface area contributed by atoms with Crippen LogP contribution in [0, 0.1) is 16.7 Å². The van der Waals surface area contributed by atoms with Gasteiger partial charge in [-0.05, 0) is 29.2 Å². The quantitative estimate of drug-likeness (QED) is 0.872. The molecule has 1 saturated heterocycles. The lowest BCUT2D eigenvalue weighted by Crippen LogP contribution is -2.42. The van der Waals surface area contributed by atoms with Gasteiger partial charge >= 0.3 is 0 Å². The molecule has 4 rings (SSSR count). The summed E-state index contributed by atoms with van der Waals surface area (Å²) in [5.41, 5.74) is 0.895. The molecule has 26 heavy (non-hydrogen) atoms. The smallest absolute Gasteiger partial charge is 0.248 e. The normalized spacial score (nSPS) is 33.7. The first kappa shape index (κ1) is 17.3. The molecule has 0 spiro atoms. The molecule has 1 amide bonds. The first-order valence-corrected chi connectivity index (χ1v) is 9.20. The Kier molecular flexibility index (Phi) is 3.77. The third kappa shape index (κ3) is 2.19. The summed E-state index contributed by atoms with van der Waals surface area (Å²) in [6.45, 7) is 7.87. The van der Waals surface area contributed by atoms with E-state index < -0.39 is 6.61 Å². The van der Waals surface area contributed by atoms with E-state index in [2.05, 4.69) is 47.7 Å². The van der Waals surface area contributed by atoms with Gasteiger partial charge in [-0.15, -0.1) is 0 Å². The van der Waals surface area contributed by atoms with Gasteiger partial charge < -0.3 is 19.9 Å². The molecule has 1 aliphatic heterocycles. The van der Waals surface area contributed by atoms with Crippen molar-refractivity contribution in [1.29, 1.82) is 0 Å². The fraction of sp³-hybridized carbons (Fsp3) is 0.632. The van der Waals surface area contributed by atoms with Crippen LogP contribution in [0.4, 0.5) is 5.82 Å². The monoisotopic (exact) mass is 357 g/mol. The maximum absolute atomic E-state index is 12.0. The van der Waals surface area contributed by atoms with Gasteiger partial charge in [0.15, 0.2) is 0 Å². The number of hydrogen-bond acceptors (Lipinski definition) is 5. The summed E-state index contributed by atoms with van der Waals surface area (Å²) in [5.74, 6) is 1.17. The molecule has 2 aromatic rings. The summed E-state index contributed by atoms with van der Waals surface area (Å²) in [4.78, 5) is 28.2. The third-order valence-corrected chi connectivity index (χ3v) is 7.33. The Morgan fingerprint density at radius 1 is 1.42 bits per heavy atom. The first-order valence-electron chi connectivity index (χ1n) is 9.20. The number of hydrogen-bond donors (Lipinski definition) is 2. The number of amides is 1. The molecular formula is C19H27N5O2. The van der Waals surface area contributed by atoms with Crippen molar-refractivity contribution in [1.82, 2.24) is 19.9 Å². The predicted molar refractivity (Wildman–Crippen MR) is 99.7 cm³/mol. The zero-order valence-corrected chi connectivity index (χ0v) is 15.9. The van der Waals surface area contributed by atoms with Crippen molar-refractivity contribution in [3.8, 4) is 0 Å². The lowest BCUT2D eigenvalue weighted by molar-refractivity contribution is -0.133. The fourth-order valence-corrected chi connectivity index (χ4v) is 5.34. The Hall–Kier alpha value is -2.15. The van der Waals surface area contributed by atoms with Crippen LogP contribution >= 0.6 is 0 Å². The molecular weight excluding hydrogens is 330 g/mol. The van der Waals surface area contributed by atoms with E-state index in [4.69, 9.17) is 0 Å². The molecule has 0 aromatic carbocycles. The van der Waals surface area contributed by atoms with Crippen LogP contribution in [-0.2, 0) is 4.79 Å². The van der Waals surface area contributed by atoms with Crippen molar-refractivity contribution in [2.24, 2.45) is 16.7 Å². The second-order valence-electron chi connectivity index (χ2n) is 8.49. The van der Waals surface area contributed by atoms with Gasteiger partial charge in [0.2, 0.25) is 5.91 Å². The fourth-order valence-electron chi connectivity index (χ4n) is 5.34. The molecule has 2 aromatic heterocycles. The van der Waals surface area contributed by atoms with Crippen LogP contribution in [0.2, 0.25) is 0 Å². The predicted octanol–water partition coefficient (Wildman–Crippen LogP) is 1.65. The average molecular weight is 357 g/mol. The van der Waals surface area contributed by atoms with E-state index >= 15 is 0 Å². The number of anilines is 1. The lowest BCUT2D eigenvalue weighted by Gasteiger charge is -2.37. The molecule has 7 heteroatoms. The van der Waals surface area contributed by atoms with Crippen molar-refractivity contribution in [3.63, 3.8) is 0 Å². The average Bonchev–Trinajstić information content (AvgIpc) is 3.25. The SMILES string of the molecule is C[C@H]1[C@@H](N(C)c2ncnc3[nH]ccc23)C[C@]2(C)CN(C(=O)CO)C[C@]12C. The van der Waals surface area contributed by atoms with Crippen LogP contribution in [0.1, 0.15) is 27.2 Å². The molecule has 2 fully saturated rings. The molecule has 0 radical (unpaired) electrons. The number of H-pyrrole nitrogens is 1. The van der Waals surface area contributed by atoms with Gasteiger partial charge in [0.25, 0.3) is 0 Å². The second-order valence-corrected chi connectivity index (χ2v) is 8.49. The Balaban J connectivity index is 1.65. The van der Waals surface area contributed by atoms with E-state index in [1.807, 2.05) is 17.2 Å². The van der Waals surface area contributed by atoms with Crippen molar-refractivity contribution >= 4 is 22.8 Å². The number of aliphatic hydroxyl groups is 1. The van der Waals surface area contributed by atoms with Gasteiger partial charge in [-0.25, -0.2) is 9.97 Å². The number of aromatic nitrogens is 3. The van der Waals surface area contributed by atoms with Crippen LogP contribution in [0.5, 0.6) is 0 Å². The minimum Gasteiger partial charge on any atom is -0.387 e. The molecule has 3 heterocycles. The van der Waals surface area contributed by atoms with Crippen molar-refractivity contribution in [3.05, 3.63) is 18.6 Å². The minimum atomic E-state index is -0.406. The Labute approximate surface area is 153 Å². The number of likely N-dealkylation sites (tertiary alicyclic amines) is 1. The summed E-state index contributed by atoms with van der Waals surface area (Å²) < 4.78 is 0. The molecule has 2 aliphatic rings. The van der Waals surface area contributed by atoms with Crippen LogP contribution in [0.25, 0.3) is 11.0 Å². The molecule has 0 unspecified atom stereocenters. The molecule has 1 saturated carbocycles.